The number of rotatable bonds is 3. The van der Waals surface area contributed by atoms with Crippen molar-refractivity contribution in [2.45, 2.75) is 83.8 Å². The molecule has 2 aromatic heterocycles. The predicted octanol–water partition coefficient (Wildman–Crippen LogP) is 3.03. The Labute approximate surface area is 177 Å². The molecule has 0 aromatic carbocycles. The van der Waals surface area contributed by atoms with Crippen LogP contribution < -0.4 is 5.56 Å². The Morgan fingerprint density at radius 2 is 1.90 bits per heavy atom. The molecule has 1 N–H and O–H groups in total. The van der Waals surface area contributed by atoms with Gasteiger partial charge in [0.25, 0.3) is 5.56 Å². The molecule has 1 amide bonds. The van der Waals surface area contributed by atoms with E-state index in [1.54, 1.807) is 4.52 Å². The van der Waals surface area contributed by atoms with Crippen LogP contribution in [-0.2, 0) is 17.8 Å². The number of aromatic amines is 1. The average molecular weight is 412 g/mol. The number of H-pyrrole nitrogens is 1. The Bertz CT molecular complexity index is 1000. The molecular weight excluding hydrogens is 378 g/mol. The maximum atomic E-state index is 13.2. The first-order valence-corrected chi connectivity index (χ1v) is 11.7. The zero-order valence-electron chi connectivity index (χ0n) is 18.2. The van der Waals surface area contributed by atoms with Gasteiger partial charge in [-0.15, -0.1) is 0 Å². The van der Waals surface area contributed by atoms with Gasteiger partial charge in [0.1, 0.15) is 0 Å². The molecule has 0 radical (unpaired) electrons. The second kappa shape index (κ2) is 7.84. The largest absolute Gasteiger partial charge is 0.334 e. The first kappa shape index (κ1) is 19.8. The van der Waals surface area contributed by atoms with Crippen LogP contribution in [0.3, 0.4) is 0 Å². The number of amides is 1. The van der Waals surface area contributed by atoms with Gasteiger partial charge in [0.15, 0.2) is 5.65 Å². The minimum atomic E-state index is 0.0103. The molecule has 7 nitrogen and oxygen atoms in total. The van der Waals surface area contributed by atoms with E-state index in [-0.39, 0.29) is 17.5 Å². The summed E-state index contributed by atoms with van der Waals surface area (Å²) in [6, 6.07) is 2.44. The van der Waals surface area contributed by atoms with Gasteiger partial charge in [0.2, 0.25) is 5.91 Å². The van der Waals surface area contributed by atoms with Crippen molar-refractivity contribution in [2.24, 2.45) is 5.92 Å². The van der Waals surface area contributed by atoms with Gasteiger partial charge in [-0.25, -0.2) is 9.50 Å². The first-order valence-electron chi connectivity index (χ1n) is 11.7. The van der Waals surface area contributed by atoms with E-state index in [9.17, 15) is 9.59 Å². The maximum Gasteiger partial charge on any atom is 0.277 e. The zero-order chi connectivity index (χ0) is 20.8. The number of likely N-dealkylation sites (tertiary alicyclic amines) is 1. The molecule has 7 heteroatoms. The minimum Gasteiger partial charge on any atom is -0.334 e. The van der Waals surface area contributed by atoms with E-state index >= 15 is 0 Å². The summed E-state index contributed by atoms with van der Waals surface area (Å²) in [5, 5.41) is 3.33. The van der Waals surface area contributed by atoms with E-state index in [1.807, 2.05) is 6.07 Å². The second-order valence-electron chi connectivity index (χ2n) is 9.59. The average Bonchev–Trinajstić information content (AvgIpc) is 3.43. The van der Waals surface area contributed by atoms with Crippen molar-refractivity contribution in [3.8, 4) is 0 Å². The normalized spacial score (nSPS) is 23.4. The van der Waals surface area contributed by atoms with Crippen LogP contribution in [-0.4, -0.2) is 49.4 Å². The molecule has 2 fully saturated rings. The third-order valence-corrected chi connectivity index (χ3v) is 7.39. The third kappa shape index (κ3) is 3.37. The van der Waals surface area contributed by atoms with Crippen molar-refractivity contribution in [1.82, 2.24) is 24.4 Å². The molecule has 1 aliphatic carbocycles. The summed E-state index contributed by atoms with van der Waals surface area (Å²) in [6.45, 7) is 6.75. The number of hydrogen-bond acceptors (Lipinski definition) is 4. The fourth-order valence-electron chi connectivity index (χ4n) is 5.56. The Hall–Kier alpha value is -2.15. The van der Waals surface area contributed by atoms with Crippen LogP contribution in [0.2, 0.25) is 0 Å². The van der Waals surface area contributed by atoms with Crippen LogP contribution in [0.5, 0.6) is 0 Å². The van der Waals surface area contributed by atoms with Gasteiger partial charge in [0.05, 0.1) is 23.0 Å². The molecule has 0 spiro atoms. The van der Waals surface area contributed by atoms with E-state index in [0.29, 0.717) is 24.1 Å². The first-order chi connectivity index (χ1) is 14.5. The van der Waals surface area contributed by atoms with Crippen LogP contribution in [0.4, 0.5) is 0 Å². The lowest BCUT2D eigenvalue weighted by Crippen LogP contribution is -2.41. The highest BCUT2D eigenvalue weighted by atomic mass is 16.2. The summed E-state index contributed by atoms with van der Waals surface area (Å²) >= 11 is 0. The molecule has 2 aliphatic heterocycles. The summed E-state index contributed by atoms with van der Waals surface area (Å²) in [4.78, 5) is 35.7. The van der Waals surface area contributed by atoms with Gasteiger partial charge in [-0.3, -0.25) is 19.6 Å². The number of aromatic nitrogens is 3. The van der Waals surface area contributed by atoms with Crippen LogP contribution in [0.25, 0.3) is 5.65 Å². The van der Waals surface area contributed by atoms with Crippen molar-refractivity contribution >= 4 is 11.6 Å². The van der Waals surface area contributed by atoms with Gasteiger partial charge in [-0.1, -0.05) is 12.8 Å². The molecule has 5 rings (SSSR count). The Kier molecular flexibility index (Phi) is 5.17. The summed E-state index contributed by atoms with van der Waals surface area (Å²) in [7, 11) is 0. The summed E-state index contributed by atoms with van der Waals surface area (Å²) in [6.07, 6.45) is 8.31. The standard InChI is InChI=1S/C23H33N5O2/c1-15(2)26-12-10-18-17(14-26)23(30)28-21(24-18)13-19(25-28)20-9-5-6-11-27(20)22(29)16-7-3-4-8-16/h13,15-16,20,25H,3-12,14H2,1-2H3/t20-/m1/s1. The fraction of sp³-hybridized carbons (Fsp3) is 0.696. The number of hydrogen-bond donors (Lipinski definition) is 1. The number of carbonyl (C=O) groups excluding carboxylic acids is 1. The number of fused-ring (bicyclic) bond motifs is 2. The molecule has 30 heavy (non-hydrogen) atoms. The Morgan fingerprint density at radius 1 is 1.13 bits per heavy atom. The molecule has 0 unspecified atom stereocenters. The molecule has 4 heterocycles. The van der Waals surface area contributed by atoms with E-state index in [2.05, 4.69) is 28.7 Å². The second-order valence-corrected chi connectivity index (χ2v) is 9.59. The Morgan fingerprint density at radius 3 is 2.67 bits per heavy atom. The van der Waals surface area contributed by atoms with Crippen molar-refractivity contribution in [2.75, 3.05) is 13.1 Å². The highest BCUT2D eigenvalue weighted by molar-refractivity contribution is 5.79. The van der Waals surface area contributed by atoms with E-state index < -0.39 is 0 Å². The minimum absolute atomic E-state index is 0.0103. The highest BCUT2D eigenvalue weighted by Gasteiger charge is 2.35. The summed E-state index contributed by atoms with van der Waals surface area (Å²) in [5.41, 5.74) is 3.39. The van der Waals surface area contributed by atoms with E-state index in [1.165, 1.54) is 12.8 Å². The molecule has 1 atom stereocenters. The quantitative estimate of drug-likeness (QED) is 0.843. The summed E-state index contributed by atoms with van der Waals surface area (Å²) in [5.74, 6) is 0.494. The third-order valence-electron chi connectivity index (χ3n) is 7.39. The number of carbonyl (C=O) groups is 1. The number of piperidine rings is 1. The van der Waals surface area contributed by atoms with Gasteiger partial charge in [-0.05, 0) is 46.0 Å². The smallest absolute Gasteiger partial charge is 0.277 e. The SMILES string of the molecule is CC(C)N1CCc2nc3cc([C@H]4CCCCN4C(=O)C4CCCC4)[nH]n3c(=O)c2C1. The van der Waals surface area contributed by atoms with E-state index in [0.717, 1.165) is 68.6 Å². The van der Waals surface area contributed by atoms with Crippen LogP contribution >= 0.6 is 0 Å². The molecule has 2 aromatic rings. The monoisotopic (exact) mass is 411 g/mol. The molecule has 162 valence electrons. The van der Waals surface area contributed by atoms with Crippen molar-refractivity contribution in [1.29, 1.82) is 0 Å². The fourth-order valence-corrected chi connectivity index (χ4v) is 5.56. The molecule has 1 saturated heterocycles. The number of nitrogens with one attached hydrogen (secondary N) is 1. The highest BCUT2D eigenvalue weighted by Crippen LogP contribution is 2.35. The van der Waals surface area contributed by atoms with Crippen molar-refractivity contribution in [3.63, 3.8) is 0 Å². The van der Waals surface area contributed by atoms with Crippen molar-refractivity contribution < 1.29 is 4.79 Å². The topological polar surface area (TPSA) is 73.7 Å². The van der Waals surface area contributed by atoms with Crippen LogP contribution in [0.15, 0.2) is 10.9 Å². The number of nitrogens with zero attached hydrogens (tertiary/aromatic N) is 4. The van der Waals surface area contributed by atoms with Gasteiger partial charge >= 0.3 is 0 Å². The van der Waals surface area contributed by atoms with Crippen molar-refractivity contribution in [3.05, 3.63) is 33.4 Å². The molecule has 3 aliphatic rings. The maximum absolute atomic E-state index is 13.2. The summed E-state index contributed by atoms with van der Waals surface area (Å²) < 4.78 is 1.60. The van der Waals surface area contributed by atoms with Gasteiger partial charge in [-0.2, -0.15) is 0 Å². The zero-order valence-corrected chi connectivity index (χ0v) is 18.2. The van der Waals surface area contributed by atoms with Crippen LogP contribution in [0, 0.1) is 5.92 Å². The Balaban J connectivity index is 1.49. The van der Waals surface area contributed by atoms with Gasteiger partial charge < -0.3 is 4.90 Å². The van der Waals surface area contributed by atoms with E-state index in [4.69, 9.17) is 4.98 Å². The lowest BCUT2D eigenvalue weighted by Gasteiger charge is -2.36. The lowest BCUT2D eigenvalue weighted by atomic mass is 9.96. The molecule has 0 bridgehead atoms. The molecular formula is C23H33N5O2. The predicted molar refractivity (Wildman–Crippen MR) is 115 cm³/mol. The van der Waals surface area contributed by atoms with Crippen LogP contribution in [0.1, 0.15) is 81.8 Å². The molecule has 1 saturated carbocycles. The lowest BCUT2D eigenvalue weighted by molar-refractivity contribution is -0.139. The van der Waals surface area contributed by atoms with Gasteiger partial charge in [0, 0.05) is 44.1 Å².